The van der Waals surface area contributed by atoms with E-state index in [9.17, 15) is 14.9 Å². The van der Waals surface area contributed by atoms with Crippen molar-refractivity contribution in [3.05, 3.63) is 105 Å². The molecule has 1 aliphatic heterocycles. The first-order chi connectivity index (χ1) is 15.1. The van der Waals surface area contributed by atoms with Crippen molar-refractivity contribution in [1.82, 2.24) is 10.3 Å². The Morgan fingerprint density at radius 1 is 1.03 bits per heavy atom. The number of nitro groups is 1. The number of nitro benzene ring substituents is 1. The van der Waals surface area contributed by atoms with Gasteiger partial charge in [-0.2, -0.15) is 0 Å². The zero-order valence-corrected chi connectivity index (χ0v) is 16.6. The lowest BCUT2D eigenvalue weighted by Gasteiger charge is -2.25. The number of anilines is 1. The van der Waals surface area contributed by atoms with Crippen molar-refractivity contribution in [1.29, 1.82) is 0 Å². The summed E-state index contributed by atoms with van der Waals surface area (Å²) in [5.74, 6) is -0.384. The number of non-ortho nitro benzene ring substituents is 1. The predicted molar refractivity (Wildman–Crippen MR) is 119 cm³/mol. The molecule has 0 spiro atoms. The molecule has 2 heterocycles. The molecule has 7 nitrogen and oxygen atoms in total. The fourth-order valence-corrected chi connectivity index (χ4v) is 4.19. The molecule has 1 aliphatic rings. The Hall–Kier alpha value is -3.97. The molecular formula is C24H20N4O3. The Labute approximate surface area is 178 Å². The SMILES string of the molecule is O=C(Nc1ccc(C2NCCc3c2[nH]c2ccccc32)cc1)c1cccc([N+](=O)[O-])c1. The molecule has 4 aromatic rings. The maximum absolute atomic E-state index is 12.5. The highest BCUT2D eigenvalue weighted by Gasteiger charge is 2.25. The highest BCUT2D eigenvalue weighted by atomic mass is 16.6. The molecule has 1 atom stereocenters. The largest absolute Gasteiger partial charge is 0.357 e. The van der Waals surface area contributed by atoms with Crippen LogP contribution in [0, 0.1) is 10.1 Å². The molecule has 31 heavy (non-hydrogen) atoms. The Balaban J connectivity index is 1.37. The van der Waals surface area contributed by atoms with E-state index >= 15 is 0 Å². The summed E-state index contributed by atoms with van der Waals surface area (Å²) in [5.41, 5.74) is 5.54. The van der Waals surface area contributed by atoms with E-state index < -0.39 is 4.92 Å². The molecule has 0 fully saturated rings. The second-order valence-electron chi connectivity index (χ2n) is 7.58. The first-order valence-electron chi connectivity index (χ1n) is 10.1. The van der Waals surface area contributed by atoms with Gasteiger partial charge in [0.1, 0.15) is 0 Å². The number of benzene rings is 3. The number of carbonyl (C=O) groups excluding carboxylic acids is 1. The number of aromatic amines is 1. The number of nitrogens with zero attached hydrogens (tertiary/aromatic N) is 1. The fraction of sp³-hybridized carbons (Fsp3) is 0.125. The van der Waals surface area contributed by atoms with E-state index in [0.717, 1.165) is 24.0 Å². The maximum Gasteiger partial charge on any atom is 0.270 e. The molecule has 0 saturated heterocycles. The summed E-state index contributed by atoms with van der Waals surface area (Å²) in [5, 5.41) is 18.6. The first kappa shape index (κ1) is 19.0. The quantitative estimate of drug-likeness (QED) is 0.338. The fourth-order valence-electron chi connectivity index (χ4n) is 4.19. The van der Waals surface area contributed by atoms with E-state index in [4.69, 9.17) is 0 Å². The van der Waals surface area contributed by atoms with E-state index in [1.54, 1.807) is 6.07 Å². The number of amides is 1. The molecule has 7 heteroatoms. The van der Waals surface area contributed by atoms with Crippen LogP contribution in [0.3, 0.4) is 0 Å². The Morgan fingerprint density at radius 3 is 2.65 bits per heavy atom. The summed E-state index contributed by atoms with van der Waals surface area (Å²) in [7, 11) is 0. The Kier molecular flexibility index (Phi) is 4.72. The van der Waals surface area contributed by atoms with Crippen LogP contribution in [0.2, 0.25) is 0 Å². The number of H-pyrrole nitrogens is 1. The third-order valence-electron chi connectivity index (χ3n) is 5.68. The lowest BCUT2D eigenvalue weighted by atomic mass is 9.94. The van der Waals surface area contributed by atoms with Crippen molar-refractivity contribution >= 4 is 28.2 Å². The standard InChI is InChI=1S/C24H20N4O3/c29-24(16-4-3-5-18(14-16)28(30)31)26-17-10-8-15(9-11-17)22-23-20(12-13-25-22)19-6-1-2-7-21(19)27-23/h1-11,14,22,25,27H,12-13H2,(H,26,29). The smallest absolute Gasteiger partial charge is 0.270 e. The maximum atomic E-state index is 12.5. The number of hydrogen-bond acceptors (Lipinski definition) is 4. The van der Waals surface area contributed by atoms with E-state index in [1.165, 1.54) is 34.8 Å². The van der Waals surface area contributed by atoms with E-state index in [-0.39, 0.29) is 23.2 Å². The second-order valence-corrected chi connectivity index (χ2v) is 7.58. The zero-order valence-electron chi connectivity index (χ0n) is 16.6. The van der Waals surface area contributed by atoms with Crippen LogP contribution < -0.4 is 10.6 Å². The van der Waals surface area contributed by atoms with Gasteiger partial charge in [0, 0.05) is 46.5 Å². The number of fused-ring (bicyclic) bond motifs is 3. The molecule has 0 radical (unpaired) electrons. The van der Waals surface area contributed by atoms with Crippen molar-refractivity contribution in [3.63, 3.8) is 0 Å². The second kappa shape index (κ2) is 7.70. The van der Waals surface area contributed by atoms with Crippen LogP contribution in [-0.2, 0) is 6.42 Å². The molecule has 1 unspecified atom stereocenters. The normalized spacial score (nSPS) is 15.4. The molecule has 154 valence electrons. The number of para-hydroxylation sites is 1. The van der Waals surface area contributed by atoms with Crippen molar-refractivity contribution in [2.24, 2.45) is 0 Å². The molecule has 0 saturated carbocycles. The molecular weight excluding hydrogens is 392 g/mol. The number of hydrogen-bond donors (Lipinski definition) is 3. The third kappa shape index (κ3) is 3.55. The van der Waals surface area contributed by atoms with Gasteiger partial charge in [-0.15, -0.1) is 0 Å². The first-order valence-corrected chi connectivity index (χ1v) is 10.1. The lowest BCUT2D eigenvalue weighted by molar-refractivity contribution is -0.384. The number of nitrogens with one attached hydrogen (secondary N) is 3. The molecule has 0 bridgehead atoms. The van der Waals surface area contributed by atoms with Gasteiger partial charge >= 0.3 is 0 Å². The van der Waals surface area contributed by atoms with Crippen LogP contribution in [0.5, 0.6) is 0 Å². The van der Waals surface area contributed by atoms with Gasteiger partial charge in [0.25, 0.3) is 11.6 Å². The summed E-state index contributed by atoms with van der Waals surface area (Å²) in [6, 6.07) is 21.8. The molecule has 0 aliphatic carbocycles. The predicted octanol–water partition coefficient (Wildman–Crippen LogP) is 4.56. The lowest BCUT2D eigenvalue weighted by Crippen LogP contribution is -2.30. The number of aromatic nitrogens is 1. The summed E-state index contributed by atoms with van der Waals surface area (Å²) in [4.78, 5) is 26.5. The number of carbonyl (C=O) groups is 1. The minimum absolute atomic E-state index is 0.0534. The molecule has 1 aromatic heterocycles. The summed E-state index contributed by atoms with van der Waals surface area (Å²) in [6.45, 7) is 0.894. The summed E-state index contributed by atoms with van der Waals surface area (Å²) < 4.78 is 0. The van der Waals surface area contributed by atoms with Crippen LogP contribution in [0.15, 0.2) is 72.8 Å². The van der Waals surface area contributed by atoms with Gasteiger partial charge in [-0.05, 0) is 41.8 Å². The van der Waals surface area contributed by atoms with Gasteiger partial charge in [-0.25, -0.2) is 0 Å². The zero-order chi connectivity index (χ0) is 21.4. The van der Waals surface area contributed by atoms with Crippen LogP contribution in [0.1, 0.15) is 33.2 Å². The molecule has 1 amide bonds. The van der Waals surface area contributed by atoms with Crippen LogP contribution in [0.25, 0.3) is 10.9 Å². The Morgan fingerprint density at radius 2 is 1.84 bits per heavy atom. The van der Waals surface area contributed by atoms with Crippen LogP contribution in [-0.4, -0.2) is 22.4 Å². The van der Waals surface area contributed by atoms with E-state index in [1.807, 2.05) is 30.3 Å². The van der Waals surface area contributed by atoms with Gasteiger partial charge < -0.3 is 15.6 Å². The minimum Gasteiger partial charge on any atom is -0.357 e. The van der Waals surface area contributed by atoms with Crippen molar-refractivity contribution in [3.8, 4) is 0 Å². The summed E-state index contributed by atoms with van der Waals surface area (Å²) in [6.07, 6.45) is 0.979. The van der Waals surface area contributed by atoms with Crippen molar-refractivity contribution < 1.29 is 9.72 Å². The van der Waals surface area contributed by atoms with Crippen molar-refractivity contribution in [2.45, 2.75) is 12.5 Å². The highest BCUT2D eigenvalue weighted by Crippen LogP contribution is 2.33. The van der Waals surface area contributed by atoms with Gasteiger partial charge in [-0.3, -0.25) is 14.9 Å². The van der Waals surface area contributed by atoms with Crippen LogP contribution in [0.4, 0.5) is 11.4 Å². The average molecular weight is 412 g/mol. The summed E-state index contributed by atoms with van der Waals surface area (Å²) >= 11 is 0. The third-order valence-corrected chi connectivity index (χ3v) is 5.68. The molecule has 3 aromatic carbocycles. The molecule has 3 N–H and O–H groups in total. The highest BCUT2D eigenvalue weighted by molar-refractivity contribution is 6.04. The molecule has 5 rings (SSSR count). The minimum atomic E-state index is -0.513. The van der Waals surface area contributed by atoms with Crippen LogP contribution >= 0.6 is 0 Å². The van der Waals surface area contributed by atoms with E-state index in [2.05, 4.69) is 33.8 Å². The number of rotatable bonds is 4. The van der Waals surface area contributed by atoms with Gasteiger partial charge in [0.2, 0.25) is 0 Å². The topological polar surface area (TPSA) is 100 Å². The Bertz CT molecular complexity index is 1290. The van der Waals surface area contributed by atoms with Gasteiger partial charge in [0.05, 0.1) is 11.0 Å². The van der Waals surface area contributed by atoms with Gasteiger partial charge in [-0.1, -0.05) is 36.4 Å². The monoisotopic (exact) mass is 412 g/mol. The van der Waals surface area contributed by atoms with E-state index in [0.29, 0.717) is 5.69 Å². The van der Waals surface area contributed by atoms with Crippen molar-refractivity contribution in [2.75, 3.05) is 11.9 Å². The average Bonchev–Trinajstić information content (AvgIpc) is 3.18. The van der Waals surface area contributed by atoms with Gasteiger partial charge in [0.15, 0.2) is 0 Å².